The Kier molecular flexibility index (Phi) is 3.89. The van der Waals surface area contributed by atoms with Gasteiger partial charge in [0.25, 0.3) is 0 Å². The third-order valence-corrected chi connectivity index (χ3v) is 1.81. The molecule has 0 fully saturated rings. The van der Waals surface area contributed by atoms with Gasteiger partial charge in [-0.2, -0.15) is 0 Å². The average Bonchev–Trinajstić information content (AvgIpc) is 1.85. The van der Waals surface area contributed by atoms with Gasteiger partial charge in [-0.05, 0) is 26.7 Å². The number of aliphatic carboxylic acids is 1. The number of carbonyl (C=O) groups is 2. The molecule has 0 aromatic heterocycles. The van der Waals surface area contributed by atoms with Crippen LogP contribution in [0.4, 0.5) is 0 Å². The standard InChI is InChI=1S/C8H14O4/c1-6(9)8(2,12)5-3-4-7(10)11/h12H,3-5H2,1-2H3,(H,10,11). The quantitative estimate of drug-likeness (QED) is 0.639. The van der Waals surface area contributed by atoms with Crippen molar-refractivity contribution in [3.8, 4) is 0 Å². The van der Waals surface area contributed by atoms with Crippen molar-refractivity contribution in [1.82, 2.24) is 0 Å². The molecule has 0 saturated carbocycles. The molecule has 0 heterocycles. The van der Waals surface area contributed by atoms with Gasteiger partial charge >= 0.3 is 5.97 Å². The van der Waals surface area contributed by atoms with E-state index in [-0.39, 0.29) is 18.6 Å². The van der Waals surface area contributed by atoms with Gasteiger partial charge < -0.3 is 10.2 Å². The van der Waals surface area contributed by atoms with Crippen molar-refractivity contribution in [2.45, 2.75) is 38.7 Å². The molecular weight excluding hydrogens is 160 g/mol. The van der Waals surface area contributed by atoms with Gasteiger partial charge in [0.05, 0.1) is 0 Å². The van der Waals surface area contributed by atoms with E-state index in [2.05, 4.69) is 0 Å². The number of hydrogen-bond acceptors (Lipinski definition) is 3. The highest BCUT2D eigenvalue weighted by molar-refractivity contribution is 5.84. The van der Waals surface area contributed by atoms with Crippen molar-refractivity contribution in [2.24, 2.45) is 0 Å². The highest BCUT2D eigenvalue weighted by Crippen LogP contribution is 2.14. The molecule has 0 aromatic rings. The number of ketones is 1. The number of aliphatic hydroxyl groups is 1. The van der Waals surface area contributed by atoms with Gasteiger partial charge in [-0.15, -0.1) is 0 Å². The summed E-state index contributed by atoms with van der Waals surface area (Å²) >= 11 is 0. The Morgan fingerprint density at radius 2 is 1.92 bits per heavy atom. The second-order valence-electron chi connectivity index (χ2n) is 3.08. The van der Waals surface area contributed by atoms with Crippen LogP contribution >= 0.6 is 0 Å². The van der Waals surface area contributed by atoms with Gasteiger partial charge in [0.15, 0.2) is 5.78 Å². The van der Waals surface area contributed by atoms with E-state index in [0.717, 1.165) is 0 Å². The molecule has 0 aliphatic heterocycles. The molecule has 1 atom stereocenters. The smallest absolute Gasteiger partial charge is 0.303 e. The van der Waals surface area contributed by atoms with E-state index < -0.39 is 11.6 Å². The number of carboxylic acids is 1. The third kappa shape index (κ3) is 4.08. The van der Waals surface area contributed by atoms with Crippen molar-refractivity contribution >= 4 is 11.8 Å². The topological polar surface area (TPSA) is 74.6 Å². The maximum absolute atomic E-state index is 10.7. The van der Waals surface area contributed by atoms with E-state index in [1.807, 2.05) is 0 Å². The molecule has 70 valence electrons. The molecule has 0 amide bonds. The minimum absolute atomic E-state index is 0.0105. The van der Waals surface area contributed by atoms with Crippen LogP contribution in [0, 0.1) is 0 Å². The Labute approximate surface area is 71.2 Å². The third-order valence-electron chi connectivity index (χ3n) is 1.81. The molecule has 0 bridgehead atoms. The minimum atomic E-state index is -1.37. The summed E-state index contributed by atoms with van der Waals surface area (Å²) in [4.78, 5) is 20.8. The van der Waals surface area contributed by atoms with Gasteiger partial charge in [0, 0.05) is 6.42 Å². The first-order valence-corrected chi connectivity index (χ1v) is 3.81. The molecule has 0 radical (unpaired) electrons. The highest BCUT2D eigenvalue weighted by Gasteiger charge is 2.25. The minimum Gasteiger partial charge on any atom is -0.481 e. The molecule has 0 aliphatic carbocycles. The second kappa shape index (κ2) is 4.21. The van der Waals surface area contributed by atoms with Crippen LogP contribution in [0.1, 0.15) is 33.1 Å². The molecule has 0 aromatic carbocycles. The number of carboxylic acid groups (broad SMARTS) is 1. The lowest BCUT2D eigenvalue weighted by atomic mass is 9.95. The lowest BCUT2D eigenvalue weighted by molar-refractivity contribution is -0.139. The van der Waals surface area contributed by atoms with Crippen molar-refractivity contribution < 1.29 is 19.8 Å². The summed E-state index contributed by atoms with van der Waals surface area (Å²) in [6, 6.07) is 0. The largest absolute Gasteiger partial charge is 0.481 e. The summed E-state index contributed by atoms with van der Waals surface area (Å²) < 4.78 is 0. The Morgan fingerprint density at radius 3 is 2.25 bits per heavy atom. The van der Waals surface area contributed by atoms with E-state index >= 15 is 0 Å². The molecule has 12 heavy (non-hydrogen) atoms. The molecule has 0 aliphatic rings. The Balaban J connectivity index is 3.76. The zero-order valence-electron chi connectivity index (χ0n) is 7.33. The Bertz CT molecular complexity index is 183. The van der Waals surface area contributed by atoms with Crippen molar-refractivity contribution in [1.29, 1.82) is 0 Å². The maximum atomic E-state index is 10.7. The van der Waals surface area contributed by atoms with Crippen LogP contribution in [0.15, 0.2) is 0 Å². The van der Waals surface area contributed by atoms with E-state index in [1.165, 1.54) is 13.8 Å². The van der Waals surface area contributed by atoms with Gasteiger partial charge in [-0.3, -0.25) is 9.59 Å². The molecule has 4 nitrogen and oxygen atoms in total. The number of Topliss-reactive ketones (excluding diaryl/α,β-unsaturated/α-hetero) is 1. The Hall–Kier alpha value is -0.900. The summed E-state index contributed by atoms with van der Waals surface area (Å²) in [6.45, 7) is 2.69. The molecule has 0 rings (SSSR count). The van der Waals surface area contributed by atoms with Gasteiger partial charge in [-0.25, -0.2) is 0 Å². The lowest BCUT2D eigenvalue weighted by Crippen LogP contribution is -2.32. The molecule has 4 heteroatoms. The summed E-state index contributed by atoms with van der Waals surface area (Å²) in [6.07, 6.45) is 0.514. The fourth-order valence-electron chi connectivity index (χ4n) is 0.760. The van der Waals surface area contributed by atoms with Crippen LogP contribution in [0.5, 0.6) is 0 Å². The molecule has 2 N–H and O–H groups in total. The first-order chi connectivity index (χ1) is 5.36. The second-order valence-corrected chi connectivity index (χ2v) is 3.08. The summed E-state index contributed by atoms with van der Waals surface area (Å²) in [5, 5.41) is 17.6. The van der Waals surface area contributed by atoms with Crippen molar-refractivity contribution in [3.05, 3.63) is 0 Å². The predicted octanol–water partition coefficient (Wildman–Crippen LogP) is 0.581. The number of carbonyl (C=O) groups excluding carboxylic acids is 1. The van der Waals surface area contributed by atoms with Crippen molar-refractivity contribution in [2.75, 3.05) is 0 Å². The van der Waals surface area contributed by atoms with E-state index in [1.54, 1.807) is 0 Å². The summed E-state index contributed by atoms with van der Waals surface area (Å²) in [7, 11) is 0. The molecule has 0 saturated heterocycles. The summed E-state index contributed by atoms with van der Waals surface area (Å²) in [5.41, 5.74) is -1.37. The van der Waals surface area contributed by atoms with E-state index in [0.29, 0.717) is 6.42 Å². The highest BCUT2D eigenvalue weighted by atomic mass is 16.4. The zero-order valence-corrected chi connectivity index (χ0v) is 7.33. The zero-order chi connectivity index (χ0) is 9.78. The predicted molar refractivity (Wildman–Crippen MR) is 42.8 cm³/mol. The molecular formula is C8H14O4. The number of rotatable bonds is 5. The van der Waals surface area contributed by atoms with Gasteiger partial charge in [0.2, 0.25) is 0 Å². The van der Waals surface area contributed by atoms with Crippen LogP contribution in [-0.4, -0.2) is 27.6 Å². The van der Waals surface area contributed by atoms with Crippen LogP contribution in [0.2, 0.25) is 0 Å². The first kappa shape index (κ1) is 11.1. The fourth-order valence-corrected chi connectivity index (χ4v) is 0.760. The van der Waals surface area contributed by atoms with Crippen LogP contribution in [0.3, 0.4) is 0 Å². The lowest BCUT2D eigenvalue weighted by Gasteiger charge is -2.18. The molecule has 0 spiro atoms. The van der Waals surface area contributed by atoms with Gasteiger partial charge in [-0.1, -0.05) is 0 Å². The van der Waals surface area contributed by atoms with Crippen LogP contribution in [0.25, 0.3) is 0 Å². The SMILES string of the molecule is CC(=O)C(C)(O)CCCC(=O)O. The maximum Gasteiger partial charge on any atom is 0.303 e. The van der Waals surface area contributed by atoms with Crippen LogP contribution < -0.4 is 0 Å². The monoisotopic (exact) mass is 174 g/mol. The van der Waals surface area contributed by atoms with Crippen LogP contribution in [-0.2, 0) is 9.59 Å². The van der Waals surface area contributed by atoms with E-state index in [4.69, 9.17) is 5.11 Å². The summed E-state index contributed by atoms with van der Waals surface area (Å²) in [5.74, 6) is -1.23. The first-order valence-electron chi connectivity index (χ1n) is 3.81. The Morgan fingerprint density at radius 1 is 1.42 bits per heavy atom. The normalized spacial score (nSPS) is 15.2. The average molecular weight is 174 g/mol. The fraction of sp³-hybridized carbons (Fsp3) is 0.750. The van der Waals surface area contributed by atoms with E-state index in [9.17, 15) is 14.7 Å². The number of hydrogen-bond donors (Lipinski definition) is 2. The van der Waals surface area contributed by atoms with Crippen molar-refractivity contribution in [3.63, 3.8) is 0 Å². The molecule has 1 unspecified atom stereocenters. The van der Waals surface area contributed by atoms with Gasteiger partial charge in [0.1, 0.15) is 5.60 Å².